The molecule has 0 bridgehead atoms. The lowest BCUT2D eigenvalue weighted by Gasteiger charge is -2.27. The van der Waals surface area contributed by atoms with Gasteiger partial charge in [-0.2, -0.15) is 0 Å². The normalized spacial score (nSPS) is 14.7. The van der Waals surface area contributed by atoms with E-state index in [2.05, 4.69) is 17.1 Å². The maximum absolute atomic E-state index is 11.3. The van der Waals surface area contributed by atoms with E-state index in [-0.39, 0.29) is 5.91 Å². The molecule has 0 spiro atoms. The predicted octanol–water partition coefficient (Wildman–Crippen LogP) is 0.588. The molecule has 0 radical (unpaired) electrons. The van der Waals surface area contributed by atoms with E-state index in [9.17, 15) is 4.79 Å². The number of hydrogen-bond acceptors (Lipinski definition) is 4. The third kappa shape index (κ3) is 6.33. The van der Waals surface area contributed by atoms with Crippen molar-refractivity contribution < 1.29 is 9.53 Å². The maximum Gasteiger partial charge on any atom is 0.237 e. The summed E-state index contributed by atoms with van der Waals surface area (Å²) in [6, 6.07) is 0. The van der Waals surface area contributed by atoms with Gasteiger partial charge in [0.15, 0.2) is 0 Å². The highest BCUT2D eigenvalue weighted by Crippen LogP contribution is 2.11. The number of ether oxygens (including phenoxy) is 1. The van der Waals surface area contributed by atoms with E-state index in [0.29, 0.717) is 0 Å². The fraction of sp³-hybridized carbons (Fsp3) is 0.923. The van der Waals surface area contributed by atoms with E-state index in [1.807, 2.05) is 13.8 Å². The van der Waals surface area contributed by atoms with Gasteiger partial charge in [0.25, 0.3) is 0 Å². The Kier molecular flexibility index (Phi) is 8.97. The minimum atomic E-state index is -0.598. The molecule has 0 aromatic heterocycles. The summed E-state index contributed by atoms with van der Waals surface area (Å²) in [7, 11) is 1.78. The van der Waals surface area contributed by atoms with Crippen molar-refractivity contribution in [2.24, 2.45) is 5.73 Å². The van der Waals surface area contributed by atoms with Gasteiger partial charge in [-0.1, -0.05) is 6.92 Å². The van der Waals surface area contributed by atoms with Crippen LogP contribution in [0.15, 0.2) is 0 Å². The summed E-state index contributed by atoms with van der Waals surface area (Å²) in [6.07, 6.45) is 1.70. The highest BCUT2D eigenvalue weighted by molar-refractivity contribution is 5.84. The molecule has 0 aromatic carbocycles. The number of nitrogens with zero attached hydrogens (tertiary/aromatic N) is 1. The smallest absolute Gasteiger partial charge is 0.237 e. The molecular weight excluding hydrogens is 230 g/mol. The second-order valence-corrected chi connectivity index (χ2v) is 4.68. The van der Waals surface area contributed by atoms with Crippen molar-refractivity contribution in [2.45, 2.75) is 39.2 Å². The molecule has 18 heavy (non-hydrogen) atoms. The Balaban J connectivity index is 3.95. The van der Waals surface area contributed by atoms with Crippen molar-refractivity contribution in [1.82, 2.24) is 10.2 Å². The van der Waals surface area contributed by atoms with Crippen LogP contribution in [0.5, 0.6) is 0 Å². The number of carbonyl (C=O) groups is 1. The topological polar surface area (TPSA) is 67.6 Å². The Labute approximate surface area is 111 Å². The molecule has 5 heteroatoms. The van der Waals surface area contributed by atoms with Crippen LogP contribution in [0.1, 0.15) is 33.6 Å². The molecule has 0 saturated heterocycles. The molecule has 0 rings (SSSR count). The zero-order valence-electron chi connectivity index (χ0n) is 12.3. The minimum absolute atomic E-state index is 0.289. The highest BCUT2D eigenvalue weighted by Gasteiger charge is 2.28. The van der Waals surface area contributed by atoms with Gasteiger partial charge in [-0.25, -0.2) is 0 Å². The fourth-order valence-electron chi connectivity index (χ4n) is 1.79. The first-order chi connectivity index (χ1) is 8.50. The minimum Gasteiger partial charge on any atom is -0.380 e. The number of likely N-dealkylation sites (N-methyl/N-ethyl adjacent to an activating group) is 2. The summed E-state index contributed by atoms with van der Waals surface area (Å²) >= 11 is 0. The lowest BCUT2D eigenvalue weighted by atomic mass is 9.95. The van der Waals surface area contributed by atoms with E-state index in [4.69, 9.17) is 10.5 Å². The molecule has 0 aromatic rings. The molecule has 5 nitrogen and oxygen atoms in total. The first-order valence-electron chi connectivity index (χ1n) is 6.79. The van der Waals surface area contributed by atoms with Crippen LogP contribution in [0.3, 0.4) is 0 Å². The Morgan fingerprint density at radius 1 is 1.39 bits per heavy atom. The summed E-state index contributed by atoms with van der Waals surface area (Å²) in [4.78, 5) is 13.7. The summed E-state index contributed by atoms with van der Waals surface area (Å²) in [5.74, 6) is -0.289. The van der Waals surface area contributed by atoms with Crippen LogP contribution in [0.4, 0.5) is 0 Å². The van der Waals surface area contributed by atoms with E-state index >= 15 is 0 Å². The van der Waals surface area contributed by atoms with Crippen LogP contribution >= 0.6 is 0 Å². The maximum atomic E-state index is 11.3. The molecule has 0 aliphatic rings. The number of primary amides is 1. The molecule has 0 heterocycles. The van der Waals surface area contributed by atoms with Crippen molar-refractivity contribution in [1.29, 1.82) is 0 Å². The van der Waals surface area contributed by atoms with E-state index < -0.39 is 5.54 Å². The average molecular weight is 259 g/mol. The van der Waals surface area contributed by atoms with Crippen molar-refractivity contribution in [3.63, 3.8) is 0 Å². The van der Waals surface area contributed by atoms with E-state index in [1.54, 1.807) is 7.05 Å². The largest absolute Gasteiger partial charge is 0.380 e. The molecule has 1 amide bonds. The van der Waals surface area contributed by atoms with Crippen molar-refractivity contribution in [3.05, 3.63) is 0 Å². The number of hydrogen-bond donors (Lipinski definition) is 2. The zero-order valence-corrected chi connectivity index (χ0v) is 12.3. The summed E-state index contributed by atoms with van der Waals surface area (Å²) in [5.41, 5.74) is 4.80. The van der Waals surface area contributed by atoms with Crippen molar-refractivity contribution in [3.8, 4) is 0 Å². The number of rotatable bonds is 11. The van der Waals surface area contributed by atoms with Gasteiger partial charge in [0, 0.05) is 13.2 Å². The standard InChI is InChI=1S/C13H29N3O2/c1-5-16(10-11-18-6-2)9-7-8-13(3,15-4)12(14)17/h15H,5-11H2,1-4H3,(H2,14,17). The van der Waals surface area contributed by atoms with Gasteiger partial charge in [-0.3, -0.25) is 4.79 Å². The first-order valence-corrected chi connectivity index (χ1v) is 6.79. The summed E-state index contributed by atoms with van der Waals surface area (Å²) in [5, 5.41) is 3.00. The van der Waals surface area contributed by atoms with Crippen LogP contribution < -0.4 is 11.1 Å². The molecule has 108 valence electrons. The monoisotopic (exact) mass is 259 g/mol. The number of nitrogens with one attached hydrogen (secondary N) is 1. The number of carbonyl (C=O) groups excluding carboxylic acids is 1. The molecule has 0 aliphatic carbocycles. The number of nitrogens with two attached hydrogens (primary N) is 1. The fourth-order valence-corrected chi connectivity index (χ4v) is 1.79. The summed E-state index contributed by atoms with van der Waals surface area (Å²) < 4.78 is 5.34. The van der Waals surface area contributed by atoms with Crippen molar-refractivity contribution >= 4 is 5.91 Å². The van der Waals surface area contributed by atoms with Crippen LogP contribution in [0, 0.1) is 0 Å². The average Bonchev–Trinajstić information content (AvgIpc) is 2.36. The molecule has 1 atom stereocenters. The predicted molar refractivity (Wildman–Crippen MR) is 74.5 cm³/mol. The van der Waals surface area contributed by atoms with Gasteiger partial charge in [0.05, 0.1) is 12.1 Å². The Morgan fingerprint density at radius 3 is 2.50 bits per heavy atom. The van der Waals surface area contributed by atoms with Gasteiger partial charge in [-0.05, 0) is 46.8 Å². The van der Waals surface area contributed by atoms with Crippen LogP contribution in [0.25, 0.3) is 0 Å². The van der Waals surface area contributed by atoms with Gasteiger partial charge in [0.1, 0.15) is 0 Å². The molecule has 0 aliphatic heterocycles. The molecular formula is C13H29N3O2. The van der Waals surface area contributed by atoms with Gasteiger partial charge >= 0.3 is 0 Å². The Bertz CT molecular complexity index is 236. The second-order valence-electron chi connectivity index (χ2n) is 4.68. The first kappa shape index (κ1) is 17.4. The number of amides is 1. The summed E-state index contributed by atoms with van der Waals surface area (Å²) in [6.45, 7) is 10.4. The zero-order chi connectivity index (χ0) is 14.0. The SMILES string of the molecule is CCOCCN(CC)CCCC(C)(NC)C(N)=O. The lowest BCUT2D eigenvalue weighted by molar-refractivity contribution is -0.123. The molecule has 3 N–H and O–H groups in total. The Hall–Kier alpha value is -0.650. The second kappa shape index (κ2) is 9.30. The van der Waals surface area contributed by atoms with Gasteiger partial charge in [0.2, 0.25) is 5.91 Å². The van der Waals surface area contributed by atoms with E-state index in [0.717, 1.165) is 45.7 Å². The molecule has 1 unspecified atom stereocenters. The highest BCUT2D eigenvalue weighted by atomic mass is 16.5. The third-order valence-corrected chi connectivity index (χ3v) is 3.45. The van der Waals surface area contributed by atoms with E-state index in [1.165, 1.54) is 0 Å². The molecule has 0 saturated carbocycles. The Morgan fingerprint density at radius 2 is 2.06 bits per heavy atom. The lowest BCUT2D eigenvalue weighted by Crippen LogP contribution is -2.51. The third-order valence-electron chi connectivity index (χ3n) is 3.45. The van der Waals surface area contributed by atoms with Crippen LogP contribution in [0.2, 0.25) is 0 Å². The quantitative estimate of drug-likeness (QED) is 0.533. The van der Waals surface area contributed by atoms with Crippen LogP contribution in [-0.2, 0) is 9.53 Å². The van der Waals surface area contributed by atoms with Crippen molar-refractivity contribution in [2.75, 3.05) is 39.9 Å². The van der Waals surface area contributed by atoms with Crippen LogP contribution in [-0.4, -0.2) is 56.2 Å². The molecule has 0 fully saturated rings. The van der Waals surface area contributed by atoms with Gasteiger partial charge < -0.3 is 20.7 Å². The van der Waals surface area contributed by atoms with Gasteiger partial charge in [-0.15, -0.1) is 0 Å².